The molecule has 1 aromatic heterocycles. The average Bonchev–Trinajstić information content (AvgIpc) is 3.22. The molecule has 7 heteroatoms. The number of urea groups is 1. The highest BCUT2D eigenvalue weighted by Gasteiger charge is 2.43. The smallest absolute Gasteiger partial charge is 0.324 e. The van der Waals surface area contributed by atoms with Crippen LogP contribution < -0.4 is 5.32 Å². The van der Waals surface area contributed by atoms with Crippen molar-refractivity contribution in [3.63, 3.8) is 0 Å². The Labute approximate surface area is 196 Å². The number of benzene rings is 1. The molecule has 1 aromatic carbocycles. The van der Waals surface area contributed by atoms with E-state index in [1.807, 2.05) is 27.1 Å². The highest BCUT2D eigenvalue weighted by molar-refractivity contribution is 5.96. The molecule has 4 rings (SSSR count). The highest BCUT2D eigenvalue weighted by Crippen LogP contribution is 2.45. The lowest BCUT2D eigenvalue weighted by Crippen LogP contribution is -2.55. The van der Waals surface area contributed by atoms with Gasteiger partial charge in [-0.25, -0.2) is 4.79 Å². The van der Waals surface area contributed by atoms with E-state index in [9.17, 15) is 9.59 Å². The lowest BCUT2D eigenvalue weighted by molar-refractivity contribution is -0.135. The SMILES string of the molecule is C=CCN1C[C@H](C(=O)N(CC)C(=O)NCCCN(C)C)C[C@@H]2c3cccc4[nH]cc(c34)C[C@H]21. The fourth-order valence-electron chi connectivity index (χ4n) is 5.66. The van der Waals surface area contributed by atoms with Gasteiger partial charge in [-0.3, -0.25) is 14.6 Å². The highest BCUT2D eigenvalue weighted by atomic mass is 16.2. The van der Waals surface area contributed by atoms with E-state index in [0.717, 1.165) is 37.9 Å². The molecular weight excluding hydrogens is 414 g/mol. The van der Waals surface area contributed by atoms with Crippen molar-refractivity contribution < 1.29 is 9.59 Å². The maximum absolute atomic E-state index is 13.6. The molecule has 33 heavy (non-hydrogen) atoms. The van der Waals surface area contributed by atoms with Crippen LogP contribution >= 0.6 is 0 Å². The van der Waals surface area contributed by atoms with Crippen LogP contribution in [-0.4, -0.2) is 84.5 Å². The normalized spacial score (nSPS) is 22.2. The topological polar surface area (TPSA) is 71.7 Å². The number of aromatic amines is 1. The Kier molecular flexibility index (Phi) is 7.20. The van der Waals surface area contributed by atoms with Gasteiger partial charge in [0.05, 0.1) is 5.92 Å². The van der Waals surface area contributed by atoms with Crippen molar-refractivity contribution in [2.45, 2.75) is 38.1 Å². The Hall–Kier alpha value is -2.64. The van der Waals surface area contributed by atoms with Crippen LogP contribution in [0.1, 0.15) is 36.8 Å². The number of fused-ring (bicyclic) bond motifs is 2. The van der Waals surface area contributed by atoms with Gasteiger partial charge in [-0.05, 0) is 64.0 Å². The van der Waals surface area contributed by atoms with Gasteiger partial charge in [0.2, 0.25) is 5.91 Å². The van der Waals surface area contributed by atoms with E-state index in [4.69, 9.17) is 0 Å². The number of imide groups is 1. The second kappa shape index (κ2) is 10.1. The predicted molar refractivity (Wildman–Crippen MR) is 132 cm³/mol. The largest absolute Gasteiger partial charge is 0.361 e. The zero-order valence-electron chi connectivity index (χ0n) is 20.1. The van der Waals surface area contributed by atoms with E-state index < -0.39 is 0 Å². The number of carbonyl (C=O) groups excluding carboxylic acids is 2. The number of rotatable bonds is 8. The van der Waals surface area contributed by atoms with Crippen LogP contribution in [-0.2, 0) is 11.2 Å². The third-order valence-electron chi connectivity index (χ3n) is 7.17. The summed E-state index contributed by atoms with van der Waals surface area (Å²) in [6, 6.07) is 6.50. The summed E-state index contributed by atoms with van der Waals surface area (Å²) in [6.45, 7) is 9.07. The Morgan fingerprint density at radius 3 is 2.88 bits per heavy atom. The summed E-state index contributed by atoms with van der Waals surface area (Å²) in [5.74, 6) is -0.0157. The van der Waals surface area contributed by atoms with Gasteiger partial charge in [0.25, 0.3) is 0 Å². The molecule has 0 radical (unpaired) electrons. The van der Waals surface area contributed by atoms with Crippen LogP contribution in [0.5, 0.6) is 0 Å². The summed E-state index contributed by atoms with van der Waals surface area (Å²) in [5, 5.41) is 4.25. The summed E-state index contributed by atoms with van der Waals surface area (Å²) < 4.78 is 0. The number of H-pyrrole nitrogens is 1. The van der Waals surface area contributed by atoms with Gasteiger partial charge in [-0.2, -0.15) is 0 Å². The minimum atomic E-state index is -0.280. The molecule has 2 aromatic rings. The molecule has 1 fully saturated rings. The van der Waals surface area contributed by atoms with E-state index in [1.165, 1.54) is 21.4 Å². The Morgan fingerprint density at radius 2 is 2.15 bits per heavy atom. The van der Waals surface area contributed by atoms with E-state index >= 15 is 0 Å². The third kappa shape index (κ3) is 4.70. The number of aromatic nitrogens is 1. The van der Waals surface area contributed by atoms with Crippen LogP contribution in [0.25, 0.3) is 10.9 Å². The molecule has 0 bridgehead atoms. The van der Waals surface area contributed by atoms with E-state index in [1.54, 1.807) is 0 Å². The van der Waals surface area contributed by atoms with Gasteiger partial charge >= 0.3 is 6.03 Å². The first-order chi connectivity index (χ1) is 15.9. The molecule has 178 valence electrons. The number of hydrogen-bond acceptors (Lipinski definition) is 4. The molecule has 0 spiro atoms. The van der Waals surface area contributed by atoms with E-state index in [-0.39, 0.29) is 23.8 Å². The van der Waals surface area contributed by atoms with Crippen LogP contribution in [0.15, 0.2) is 37.1 Å². The first-order valence-corrected chi connectivity index (χ1v) is 12.1. The number of amides is 3. The molecule has 1 aliphatic heterocycles. The maximum Gasteiger partial charge on any atom is 0.324 e. The quantitative estimate of drug-likeness (QED) is 0.478. The molecule has 2 heterocycles. The fourth-order valence-corrected chi connectivity index (χ4v) is 5.66. The fraction of sp³-hybridized carbons (Fsp3) is 0.538. The molecule has 3 amide bonds. The number of likely N-dealkylation sites (tertiary alicyclic amines) is 1. The standard InChI is InChI=1S/C26H37N5O2/c1-5-12-30-17-19(25(32)31(6-2)26(33)27-11-8-13-29(3)4)14-21-20-9-7-10-22-24(20)18(16-28-22)15-23(21)30/h5,7,9-10,16,19,21,23,28H,1,6,8,11-15,17H2,2-4H3,(H,27,33)/t19-,21-,23-/m1/s1. The zero-order chi connectivity index (χ0) is 23.5. The van der Waals surface area contributed by atoms with Crippen LogP contribution in [0.3, 0.4) is 0 Å². The summed E-state index contributed by atoms with van der Waals surface area (Å²) in [4.78, 5) is 35.7. The van der Waals surface area contributed by atoms with E-state index in [2.05, 4.69) is 51.1 Å². The van der Waals surface area contributed by atoms with Crippen molar-refractivity contribution in [3.8, 4) is 0 Å². The zero-order valence-corrected chi connectivity index (χ0v) is 20.1. The first kappa shape index (κ1) is 23.5. The second-order valence-electron chi connectivity index (χ2n) is 9.61. The number of hydrogen-bond donors (Lipinski definition) is 2. The van der Waals surface area contributed by atoms with Crippen molar-refractivity contribution in [2.75, 3.05) is 46.8 Å². The second-order valence-corrected chi connectivity index (χ2v) is 9.61. The molecule has 7 nitrogen and oxygen atoms in total. The maximum atomic E-state index is 13.6. The molecule has 1 saturated heterocycles. The summed E-state index contributed by atoms with van der Waals surface area (Å²) in [5.41, 5.74) is 3.84. The number of carbonyl (C=O) groups is 2. The van der Waals surface area contributed by atoms with Gasteiger partial charge in [-0.1, -0.05) is 18.2 Å². The van der Waals surface area contributed by atoms with Gasteiger partial charge in [0.1, 0.15) is 0 Å². The lowest BCUT2D eigenvalue weighted by atomic mass is 9.72. The number of nitrogens with zero attached hydrogens (tertiary/aromatic N) is 3. The van der Waals surface area contributed by atoms with Gasteiger partial charge < -0.3 is 15.2 Å². The monoisotopic (exact) mass is 451 g/mol. The molecule has 1 aliphatic carbocycles. The summed E-state index contributed by atoms with van der Waals surface area (Å²) in [7, 11) is 4.02. The van der Waals surface area contributed by atoms with Gasteiger partial charge in [0, 0.05) is 55.2 Å². The summed E-state index contributed by atoms with van der Waals surface area (Å²) >= 11 is 0. The van der Waals surface area contributed by atoms with Gasteiger partial charge in [-0.15, -0.1) is 6.58 Å². The van der Waals surface area contributed by atoms with Gasteiger partial charge in [0.15, 0.2) is 0 Å². The molecule has 3 atom stereocenters. The Balaban J connectivity index is 1.53. The molecule has 0 saturated carbocycles. The molecule has 2 N–H and O–H groups in total. The number of nitrogens with one attached hydrogen (secondary N) is 2. The van der Waals surface area contributed by atoms with Crippen LogP contribution in [0.2, 0.25) is 0 Å². The average molecular weight is 452 g/mol. The molecule has 0 unspecified atom stereocenters. The van der Waals surface area contributed by atoms with Crippen LogP contribution in [0, 0.1) is 5.92 Å². The summed E-state index contributed by atoms with van der Waals surface area (Å²) in [6.07, 6.45) is 6.65. The van der Waals surface area contributed by atoms with Crippen molar-refractivity contribution >= 4 is 22.8 Å². The van der Waals surface area contributed by atoms with Crippen molar-refractivity contribution in [2.24, 2.45) is 5.92 Å². The predicted octanol–water partition coefficient (Wildman–Crippen LogP) is 3.19. The first-order valence-electron chi connectivity index (χ1n) is 12.1. The molecular formula is C26H37N5O2. The molecule has 2 aliphatic rings. The van der Waals surface area contributed by atoms with Crippen molar-refractivity contribution in [3.05, 3.63) is 48.2 Å². The lowest BCUT2D eigenvalue weighted by Gasteiger charge is -2.47. The minimum absolute atomic E-state index is 0.0674. The Morgan fingerprint density at radius 1 is 1.33 bits per heavy atom. The number of piperidine rings is 1. The Bertz CT molecular complexity index is 1010. The third-order valence-corrected chi connectivity index (χ3v) is 7.17. The van der Waals surface area contributed by atoms with Crippen LogP contribution in [0.4, 0.5) is 4.79 Å². The van der Waals surface area contributed by atoms with E-state index in [0.29, 0.717) is 25.7 Å². The minimum Gasteiger partial charge on any atom is -0.361 e. The van der Waals surface area contributed by atoms with Crippen molar-refractivity contribution in [1.29, 1.82) is 0 Å². The van der Waals surface area contributed by atoms with Crippen molar-refractivity contribution in [1.82, 2.24) is 25.0 Å².